The number of methoxy groups -OCH3 is 2. The number of rotatable bonds is 7. The maximum absolute atomic E-state index is 12.8. The lowest BCUT2D eigenvalue weighted by Gasteiger charge is -2.34. The quantitative estimate of drug-likeness (QED) is 0.628. The maximum Gasteiger partial charge on any atom is 0.313 e. The molecule has 0 atom stereocenters. The number of piperazine rings is 1. The molecule has 2 aromatic rings. The summed E-state index contributed by atoms with van der Waals surface area (Å²) in [4.78, 5) is 40.7. The fraction of sp³-hybridized carbons (Fsp3) is 0.348. The standard InChI is InChI=1S/C23H28N4O5/c1-31-19-9-8-17(16-20(19)32-2)23(30)27-14-12-26(13-15-27)11-10-24-21(28)22(29)25-18-6-4-3-5-7-18/h3-9,16H,10-15H2,1-2H3,(H,24,28)(H,25,29). The van der Waals surface area contributed by atoms with Gasteiger partial charge in [-0.1, -0.05) is 18.2 Å². The van der Waals surface area contributed by atoms with Gasteiger partial charge in [0, 0.05) is 50.5 Å². The molecular weight excluding hydrogens is 412 g/mol. The van der Waals surface area contributed by atoms with E-state index in [4.69, 9.17) is 9.47 Å². The summed E-state index contributed by atoms with van der Waals surface area (Å²) in [6.45, 7) is 3.48. The Balaban J connectivity index is 1.40. The summed E-state index contributed by atoms with van der Waals surface area (Å²) in [6, 6.07) is 14.0. The van der Waals surface area contributed by atoms with E-state index in [-0.39, 0.29) is 5.91 Å². The topological polar surface area (TPSA) is 100 Å². The van der Waals surface area contributed by atoms with E-state index in [0.717, 1.165) is 0 Å². The first-order valence-corrected chi connectivity index (χ1v) is 10.4. The Morgan fingerprint density at radius 2 is 1.56 bits per heavy atom. The van der Waals surface area contributed by atoms with Gasteiger partial charge < -0.3 is 25.0 Å². The molecule has 1 aliphatic heterocycles. The normalized spacial score (nSPS) is 13.9. The SMILES string of the molecule is COc1ccc(C(=O)N2CCN(CCNC(=O)C(=O)Nc3ccccc3)CC2)cc1OC. The Morgan fingerprint density at radius 1 is 0.875 bits per heavy atom. The van der Waals surface area contributed by atoms with Crippen LogP contribution in [0.1, 0.15) is 10.4 Å². The molecule has 9 nitrogen and oxygen atoms in total. The van der Waals surface area contributed by atoms with Crippen molar-refractivity contribution in [3.05, 3.63) is 54.1 Å². The minimum Gasteiger partial charge on any atom is -0.493 e. The Bertz CT molecular complexity index is 943. The number of para-hydroxylation sites is 1. The lowest BCUT2D eigenvalue weighted by atomic mass is 10.1. The van der Waals surface area contributed by atoms with E-state index in [0.29, 0.717) is 62.0 Å². The van der Waals surface area contributed by atoms with Crippen LogP contribution in [-0.2, 0) is 9.59 Å². The number of benzene rings is 2. The summed E-state index contributed by atoms with van der Waals surface area (Å²) in [5, 5.41) is 5.19. The summed E-state index contributed by atoms with van der Waals surface area (Å²) in [7, 11) is 3.09. The zero-order chi connectivity index (χ0) is 22.9. The van der Waals surface area contributed by atoms with Crippen LogP contribution in [0.5, 0.6) is 11.5 Å². The van der Waals surface area contributed by atoms with Gasteiger partial charge in [0.1, 0.15) is 0 Å². The van der Waals surface area contributed by atoms with Crippen molar-refractivity contribution in [1.29, 1.82) is 0 Å². The molecule has 9 heteroatoms. The molecule has 0 saturated carbocycles. The van der Waals surface area contributed by atoms with Gasteiger partial charge in [-0.05, 0) is 30.3 Å². The summed E-state index contributed by atoms with van der Waals surface area (Å²) in [5.41, 5.74) is 1.12. The second kappa shape index (κ2) is 11.1. The Morgan fingerprint density at radius 3 is 2.22 bits per heavy atom. The number of hydrogen-bond acceptors (Lipinski definition) is 6. The van der Waals surface area contributed by atoms with Gasteiger partial charge in [-0.15, -0.1) is 0 Å². The zero-order valence-corrected chi connectivity index (χ0v) is 18.3. The Hall–Kier alpha value is -3.59. The third kappa shape index (κ3) is 5.98. The molecule has 0 radical (unpaired) electrons. The van der Waals surface area contributed by atoms with Crippen LogP contribution in [0.25, 0.3) is 0 Å². The molecule has 0 spiro atoms. The van der Waals surface area contributed by atoms with Crippen LogP contribution in [0, 0.1) is 0 Å². The van der Waals surface area contributed by atoms with E-state index in [1.54, 1.807) is 54.5 Å². The molecule has 1 aliphatic rings. The van der Waals surface area contributed by atoms with Crippen molar-refractivity contribution in [3.8, 4) is 11.5 Å². The van der Waals surface area contributed by atoms with Crippen LogP contribution in [0.15, 0.2) is 48.5 Å². The Labute approximate surface area is 187 Å². The van der Waals surface area contributed by atoms with Crippen LogP contribution < -0.4 is 20.1 Å². The fourth-order valence-corrected chi connectivity index (χ4v) is 3.44. The molecule has 1 fully saturated rings. The highest BCUT2D eigenvalue weighted by atomic mass is 16.5. The minimum absolute atomic E-state index is 0.0588. The molecule has 2 N–H and O–H groups in total. The van der Waals surface area contributed by atoms with E-state index in [2.05, 4.69) is 15.5 Å². The van der Waals surface area contributed by atoms with E-state index < -0.39 is 11.8 Å². The van der Waals surface area contributed by atoms with Gasteiger partial charge >= 0.3 is 11.8 Å². The number of anilines is 1. The van der Waals surface area contributed by atoms with Gasteiger partial charge in [-0.2, -0.15) is 0 Å². The van der Waals surface area contributed by atoms with E-state index in [9.17, 15) is 14.4 Å². The molecule has 0 aliphatic carbocycles. The summed E-state index contributed by atoms with van der Waals surface area (Å²) >= 11 is 0. The van der Waals surface area contributed by atoms with Gasteiger partial charge in [0.2, 0.25) is 0 Å². The first kappa shape index (κ1) is 23.1. The monoisotopic (exact) mass is 440 g/mol. The molecule has 0 bridgehead atoms. The summed E-state index contributed by atoms with van der Waals surface area (Å²) in [6.07, 6.45) is 0. The van der Waals surface area contributed by atoms with Crippen molar-refractivity contribution in [1.82, 2.24) is 15.1 Å². The van der Waals surface area contributed by atoms with Crippen molar-refractivity contribution in [2.45, 2.75) is 0 Å². The van der Waals surface area contributed by atoms with Gasteiger partial charge in [0.15, 0.2) is 11.5 Å². The lowest BCUT2D eigenvalue weighted by molar-refractivity contribution is -0.136. The second-order valence-electron chi connectivity index (χ2n) is 7.28. The summed E-state index contributed by atoms with van der Waals surface area (Å²) < 4.78 is 10.5. The Kier molecular flexibility index (Phi) is 8.04. The highest BCUT2D eigenvalue weighted by Gasteiger charge is 2.23. The first-order valence-electron chi connectivity index (χ1n) is 10.4. The fourth-order valence-electron chi connectivity index (χ4n) is 3.44. The molecule has 3 amide bonds. The second-order valence-corrected chi connectivity index (χ2v) is 7.28. The average Bonchev–Trinajstić information content (AvgIpc) is 2.84. The first-order chi connectivity index (χ1) is 15.5. The molecule has 0 unspecified atom stereocenters. The molecule has 3 rings (SSSR count). The van der Waals surface area contributed by atoms with Crippen molar-refractivity contribution in [2.75, 3.05) is 58.8 Å². The van der Waals surface area contributed by atoms with Crippen molar-refractivity contribution in [3.63, 3.8) is 0 Å². The molecule has 0 aromatic heterocycles. The number of carbonyl (C=O) groups excluding carboxylic acids is 3. The molecule has 32 heavy (non-hydrogen) atoms. The highest BCUT2D eigenvalue weighted by molar-refractivity contribution is 6.39. The van der Waals surface area contributed by atoms with Gasteiger partial charge in [0.25, 0.3) is 5.91 Å². The third-order valence-electron chi connectivity index (χ3n) is 5.24. The molecule has 170 valence electrons. The summed E-state index contributed by atoms with van der Waals surface area (Å²) in [5.74, 6) is -0.327. The number of nitrogens with zero attached hydrogens (tertiary/aromatic N) is 2. The highest BCUT2D eigenvalue weighted by Crippen LogP contribution is 2.28. The number of amides is 3. The van der Waals surface area contributed by atoms with Gasteiger partial charge in [-0.25, -0.2) is 0 Å². The lowest BCUT2D eigenvalue weighted by Crippen LogP contribution is -2.50. The van der Waals surface area contributed by atoms with E-state index >= 15 is 0 Å². The van der Waals surface area contributed by atoms with E-state index in [1.165, 1.54) is 7.11 Å². The van der Waals surface area contributed by atoms with Crippen molar-refractivity contribution < 1.29 is 23.9 Å². The van der Waals surface area contributed by atoms with Gasteiger partial charge in [0.05, 0.1) is 14.2 Å². The number of ether oxygens (including phenoxy) is 2. The maximum atomic E-state index is 12.8. The molecular formula is C23H28N4O5. The van der Waals surface area contributed by atoms with Crippen LogP contribution >= 0.6 is 0 Å². The molecule has 1 heterocycles. The zero-order valence-electron chi connectivity index (χ0n) is 18.3. The van der Waals surface area contributed by atoms with E-state index in [1.807, 2.05) is 6.07 Å². The predicted molar refractivity (Wildman–Crippen MR) is 120 cm³/mol. The average molecular weight is 441 g/mol. The minimum atomic E-state index is -0.693. The van der Waals surface area contributed by atoms with Crippen LogP contribution in [0.4, 0.5) is 5.69 Å². The van der Waals surface area contributed by atoms with Gasteiger partial charge in [-0.3, -0.25) is 19.3 Å². The van der Waals surface area contributed by atoms with Crippen LogP contribution in [0.2, 0.25) is 0 Å². The van der Waals surface area contributed by atoms with Crippen molar-refractivity contribution in [2.24, 2.45) is 0 Å². The van der Waals surface area contributed by atoms with Crippen molar-refractivity contribution >= 4 is 23.4 Å². The number of nitrogens with one attached hydrogen (secondary N) is 2. The number of hydrogen-bond donors (Lipinski definition) is 2. The molecule has 1 saturated heterocycles. The van der Waals surface area contributed by atoms with Crippen LogP contribution in [0.3, 0.4) is 0 Å². The number of carbonyl (C=O) groups is 3. The smallest absolute Gasteiger partial charge is 0.313 e. The third-order valence-corrected chi connectivity index (χ3v) is 5.24. The molecule has 2 aromatic carbocycles. The largest absolute Gasteiger partial charge is 0.493 e. The predicted octanol–water partition coefficient (Wildman–Crippen LogP) is 1.22. The van der Waals surface area contributed by atoms with Crippen LogP contribution in [-0.4, -0.2) is 81.0 Å².